The summed E-state index contributed by atoms with van der Waals surface area (Å²) in [6.45, 7) is 10.7. The normalized spacial score (nSPS) is 12.0. The van der Waals surface area contributed by atoms with Crippen molar-refractivity contribution in [3.63, 3.8) is 0 Å². The van der Waals surface area contributed by atoms with Gasteiger partial charge in [0.15, 0.2) is 5.78 Å². The molecule has 0 saturated carbocycles. The van der Waals surface area contributed by atoms with Crippen molar-refractivity contribution in [2.45, 2.75) is 39.8 Å². The van der Waals surface area contributed by atoms with E-state index in [1.165, 1.54) is 11.1 Å². The fourth-order valence-electron chi connectivity index (χ4n) is 3.98. The fourth-order valence-corrected chi connectivity index (χ4v) is 3.98. The zero-order valence-corrected chi connectivity index (χ0v) is 22.8. The molecule has 0 bridgehead atoms. The highest BCUT2D eigenvalue weighted by Crippen LogP contribution is 2.30. The highest BCUT2D eigenvalue weighted by Gasteiger charge is 2.18. The lowest BCUT2D eigenvalue weighted by atomic mass is 9.96. The Morgan fingerprint density at radius 2 is 1.64 bits per heavy atom. The Morgan fingerprint density at radius 3 is 2.33 bits per heavy atom. The van der Waals surface area contributed by atoms with E-state index in [0.29, 0.717) is 17.9 Å². The van der Waals surface area contributed by atoms with Gasteiger partial charge in [-0.15, -0.1) is 0 Å². The van der Waals surface area contributed by atoms with Crippen LogP contribution in [0.2, 0.25) is 0 Å². The third kappa shape index (κ3) is 7.39. The van der Waals surface area contributed by atoms with E-state index in [1.54, 1.807) is 6.08 Å². The number of rotatable bonds is 10. The number of aryl methyl sites for hydroxylation is 1. The minimum atomic E-state index is -0.0655. The molecule has 0 aliphatic rings. The number of nitrogens with zero attached hydrogens (tertiary/aromatic N) is 2. The Hall–Kier alpha value is -3.21. The topological polar surface area (TPSA) is 32.8 Å². The number of hydrogen-bond acceptors (Lipinski definition) is 4. The van der Waals surface area contributed by atoms with Crippen LogP contribution in [0.3, 0.4) is 0 Å². The van der Waals surface area contributed by atoms with E-state index in [1.807, 2.05) is 68.7 Å². The quantitative estimate of drug-likeness (QED) is 0.236. The van der Waals surface area contributed by atoms with Gasteiger partial charge >= 0.3 is 0 Å². The van der Waals surface area contributed by atoms with E-state index in [0.717, 1.165) is 29.8 Å². The predicted molar refractivity (Wildman–Crippen MR) is 152 cm³/mol. The number of carbonyl (C=O) groups is 1. The first kappa shape index (κ1) is 27.4. The number of ketones is 1. The van der Waals surface area contributed by atoms with Crippen LogP contribution in [0.5, 0.6) is 5.75 Å². The Morgan fingerprint density at radius 1 is 0.944 bits per heavy atom. The Kier molecular flexibility index (Phi) is 9.25. The van der Waals surface area contributed by atoms with Crippen LogP contribution < -0.4 is 4.74 Å². The molecule has 190 valence electrons. The molecule has 3 aromatic carbocycles. The molecule has 0 amide bonds. The highest BCUT2D eigenvalue weighted by atomic mass is 16.5. The third-order valence-electron chi connectivity index (χ3n) is 6.49. The lowest BCUT2D eigenvalue weighted by molar-refractivity contribution is 0.104. The van der Waals surface area contributed by atoms with E-state index in [9.17, 15) is 4.79 Å². The Bertz CT molecular complexity index is 1200. The molecule has 4 nitrogen and oxygen atoms in total. The molecule has 0 saturated heterocycles. The number of allylic oxidation sites excluding steroid dienone is 1. The van der Waals surface area contributed by atoms with E-state index in [-0.39, 0.29) is 11.3 Å². The maximum Gasteiger partial charge on any atom is 0.189 e. The summed E-state index contributed by atoms with van der Waals surface area (Å²) in [6, 6.07) is 22.3. The van der Waals surface area contributed by atoms with Crippen molar-refractivity contribution in [3.8, 4) is 16.9 Å². The molecule has 0 radical (unpaired) electrons. The summed E-state index contributed by atoms with van der Waals surface area (Å²) in [7, 11) is 6.18. The molecule has 0 unspecified atom stereocenters. The smallest absolute Gasteiger partial charge is 0.189 e. The van der Waals surface area contributed by atoms with Crippen molar-refractivity contribution in [3.05, 3.63) is 95.1 Å². The van der Waals surface area contributed by atoms with E-state index in [2.05, 4.69) is 62.7 Å². The molecule has 0 aliphatic carbocycles. The molecule has 3 rings (SSSR count). The number of likely N-dealkylation sites (N-methyl/N-ethyl adjacent to an activating group) is 1. The molecule has 0 N–H and O–H groups in total. The molecule has 0 atom stereocenters. The van der Waals surface area contributed by atoms with Gasteiger partial charge in [-0.25, -0.2) is 0 Å². The number of hydrogen-bond donors (Lipinski definition) is 0. The zero-order valence-electron chi connectivity index (χ0n) is 22.8. The van der Waals surface area contributed by atoms with E-state index in [4.69, 9.17) is 4.74 Å². The Labute approximate surface area is 217 Å². The van der Waals surface area contributed by atoms with Gasteiger partial charge in [0.25, 0.3) is 0 Å². The molecule has 0 aliphatic heterocycles. The first-order chi connectivity index (χ1) is 17.1. The standard InChI is InChI=1S/C32H40N2O2/c1-24-12-8-11-15-28(24)26-17-19-31(36-21-20-34(7)32(2,3)4)29(22-26)30(35)18-16-25-13-9-10-14-27(25)23-33(5)6/h8-19,22H,20-21,23H2,1-7H3/b18-16+. The molecule has 36 heavy (non-hydrogen) atoms. The van der Waals surface area contributed by atoms with Crippen LogP contribution in [0.25, 0.3) is 17.2 Å². The van der Waals surface area contributed by atoms with Crippen molar-refractivity contribution in [1.29, 1.82) is 0 Å². The number of ether oxygens (including phenoxy) is 1. The van der Waals surface area contributed by atoms with Crippen molar-refractivity contribution < 1.29 is 9.53 Å². The summed E-state index contributed by atoms with van der Waals surface area (Å²) in [5.74, 6) is 0.551. The van der Waals surface area contributed by atoms with Crippen LogP contribution in [-0.2, 0) is 6.54 Å². The monoisotopic (exact) mass is 484 g/mol. The lowest BCUT2D eigenvalue weighted by Gasteiger charge is -2.31. The van der Waals surface area contributed by atoms with Crippen molar-refractivity contribution >= 4 is 11.9 Å². The maximum absolute atomic E-state index is 13.5. The van der Waals surface area contributed by atoms with Gasteiger partial charge < -0.3 is 9.64 Å². The molecule has 0 fully saturated rings. The van der Waals surface area contributed by atoms with Crippen LogP contribution >= 0.6 is 0 Å². The van der Waals surface area contributed by atoms with Gasteiger partial charge in [0, 0.05) is 18.6 Å². The molecule has 0 heterocycles. The minimum absolute atomic E-state index is 0.0549. The van der Waals surface area contributed by atoms with Gasteiger partial charge in [0.05, 0.1) is 5.56 Å². The fraction of sp³-hybridized carbons (Fsp3) is 0.344. The van der Waals surface area contributed by atoms with Crippen molar-refractivity contribution in [1.82, 2.24) is 9.80 Å². The van der Waals surface area contributed by atoms with Gasteiger partial charge in [-0.05, 0) is 94.9 Å². The molecular weight excluding hydrogens is 444 g/mol. The first-order valence-electron chi connectivity index (χ1n) is 12.6. The molecule has 4 heteroatoms. The third-order valence-corrected chi connectivity index (χ3v) is 6.49. The summed E-state index contributed by atoms with van der Waals surface area (Å²) < 4.78 is 6.17. The largest absolute Gasteiger partial charge is 0.491 e. The van der Waals surface area contributed by atoms with Gasteiger partial charge in [0.1, 0.15) is 12.4 Å². The van der Waals surface area contributed by atoms with Crippen molar-refractivity contribution in [2.75, 3.05) is 34.3 Å². The predicted octanol–water partition coefficient (Wildman–Crippen LogP) is 6.73. The zero-order chi connectivity index (χ0) is 26.3. The average molecular weight is 485 g/mol. The van der Waals surface area contributed by atoms with Crippen LogP contribution in [0.1, 0.15) is 47.8 Å². The van der Waals surface area contributed by atoms with Gasteiger partial charge in [0.2, 0.25) is 0 Å². The molecule has 0 aromatic heterocycles. The molecular formula is C32H40N2O2. The summed E-state index contributed by atoms with van der Waals surface area (Å²) in [4.78, 5) is 17.9. The Balaban J connectivity index is 1.92. The lowest BCUT2D eigenvalue weighted by Crippen LogP contribution is -2.40. The van der Waals surface area contributed by atoms with Crippen LogP contribution in [0.4, 0.5) is 0 Å². The number of carbonyl (C=O) groups excluding carboxylic acids is 1. The summed E-state index contributed by atoms with van der Waals surface area (Å²) >= 11 is 0. The van der Waals surface area contributed by atoms with Gasteiger partial charge in [-0.2, -0.15) is 0 Å². The SMILES string of the molecule is Cc1ccccc1-c1ccc(OCCN(C)C(C)(C)C)c(C(=O)/C=C/c2ccccc2CN(C)C)c1. The highest BCUT2D eigenvalue weighted by molar-refractivity contribution is 6.09. The van der Waals surface area contributed by atoms with Crippen LogP contribution in [0.15, 0.2) is 72.8 Å². The first-order valence-corrected chi connectivity index (χ1v) is 12.6. The minimum Gasteiger partial charge on any atom is -0.491 e. The van der Waals surface area contributed by atoms with Crippen LogP contribution in [-0.4, -0.2) is 55.4 Å². The van der Waals surface area contributed by atoms with Gasteiger partial charge in [-0.3, -0.25) is 9.69 Å². The second kappa shape index (κ2) is 12.2. The number of benzene rings is 3. The summed E-state index contributed by atoms with van der Waals surface area (Å²) in [5.41, 5.74) is 6.16. The second-order valence-corrected chi connectivity index (χ2v) is 10.6. The maximum atomic E-state index is 13.5. The second-order valence-electron chi connectivity index (χ2n) is 10.6. The summed E-state index contributed by atoms with van der Waals surface area (Å²) in [5, 5.41) is 0. The van der Waals surface area contributed by atoms with E-state index < -0.39 is 0 Å². The average Bonchev–Trinajstić information content (AvgIpc) is 2.83. The summed E-state index contributed by atoms with van der Waals surface area (Å²) in [6.07, 6.45) is 3.58. The molecule has 3 aromatic rings. The van der Waals surface area contributed by atoms with Crippen molar-refractivity contribution in [2.24, 2.45) is 0 Å². The van der Waals surface area contributed by atoms with Crippen LogP contribution in [0, 0.1) is 6.92 Å². The van der Waals surface area contributed by atoms with E-state index >= 15 is 0 Å². The molecule has 0 spiro atoms. The van der Waals surface area contributed by atoms with Gasteiger partial charge in [-0.1, -0.05) is 60.7 Å².